The number of amides is 1. The molecule has 0 fully saturated rings. The van der Waals surface area contributed by atoms with E-state index in [0.717, 1.165) is 16.1 Å². The van der Waals surface area contributed by atoms with E-state index in [1.807, 2.05) is 55.6 Å². The fourth-order valence-corrected chi connectivity index (χ4v) is 2.50. The summed E-state index contributed by atoms with van der Waals surface area (Å²) in [4.78, 5) is 13.2. The Hall–Kier alpha value is -2.40. The summed E-state index contributed by atoms with van der Waals surface area (Å²) in [5.74, 6) is 1.15. The van der Waals surface area contributed by atoms with Crippen molar-refractivity contribution in [2.24, 2.45) is 0 Å². The monoisotopic (exact) mass is 343 g/mol. The fraction of sp³-hybridized carbons (Fsp3) is 0.211. The van der Waals surface area contributed by atoms with Gasteiger partial charge in [0, 0.05) is 16.7 Å². The number of carbonyl (C=O) groups excluding carboxylic acids is 1. The summed E-state index contributed by atoms with van der Waals surface area (Å²) in [6.07, 6.45) is 5.25. The predicted octanol–water partition coefficient (Wildman–Crippen LogP) is 4.47. The van der Waals surface area contributed by atoms with Crippen LogP contribution in [0.2, 0.25) is 0 Å². The first-order valence-corrected chi connectivity index (χ1v) is 8.82. The van der Waals surface area contributed by atoms with Crippen LogP contribution in [0.1, 0.15) is 12.5 Å². The highest BCUT2D eigenvalue weighted by molar-refractivity contribution is 7.98. The summed E-state index contributed by atoms with van der Waals surface area (Å²) < 4.78 is 10.8. The van der Waals surface area contributed by atoms with Gasteiger partial charge in [0.1, 0.15) is 0 Å². The Morgan fingerprint density at radius 1 is 1.17 bits per heavy atom. The van der Waals surface area contributed by atoms with Crippen LogP contribution in [0.3, 0.4) is 0 Å². The van der Waals surface area contributed by atoms with E-state index in [1.165, 1.54) is 6.08 Å². The van der Waals surface area contributed by atoms with Crippen LogP contribution in [-0.4, -0.2) is 25.9 Å². The first-order chi connectivity index (χ1) is 11.7. The Bertz CT molecular complexity index is 711. The number of hydrogen-bond donors (Lipinski definition) is 1. The molecule has 1 N–H and O–H groups in total. The molecule has 0 aliphatic rings. The van der Waals surface area contributed by atoms with Crippen LogP contribution < -0.4 is 14.8 Å². The van der Waals surface area contributed by atoms with E-state index >= 15 is 0 Å². The highest BCUT2D eigenvalue weighted by atomic mass is 32.2. The lowest BCUT2D eigenvalue weighted by molar-refractivity contribution is -0.111. The second-order valence-electron chi connectivity index (χ2n) is 4.89. The van der Waals surface area contributed by atoms with Gasteiger partial charge >= 0.3 is 0 Å². The van der Waals surface area contributed by atoms with Gasteiger partial charge in [-0.3, -0.25) is 4.79 Å². The molecule has 5 heteroatoms. The van der Waals surface area contributed by atoms with Gasteiger partial charge in [0.2, 0.25) is 5.91 Å². The van der Waals surface area contributed by atoms with Crippen molar-refractivity contribution in [1.29, 1.82) is 0 Å². The minimum absolute atomic E-state index is 0.181. The predicted molar refractivity (Wildman–Crippen MR) is 100 cm³/mol. The van der Waals surface area contributed by atoms with Crippen LogP contribution in [0.25, 0.3) is 6.08 Å². The summed E-state index contributed by atoms with van der Waals surface area (Å²) in [6, 6.07) is 13.3. The summed E-state index contributed by atoms with van der Waals surface area (Å²) >= 11 is 1.66. The third-order valence-electron chi connectivity index (χ3n) is 3.27. The summed E-state index contributed by atoms with van der Waals surface area (Å²) in [5.41, 5.74) is 1.63. The summed E-state index contributed by atoms with van der Waals surface area (Å²) in [5, 5.41) is 2.83. The lowest BCUT2D eigenvalue weighted by Gasteiger charge is -2.09. The zero-order valence-electron chi connectivity index (χ0n) is 14.0. The summed E-state index contributed by atoms with van der Waals surface area (Å²) in [7, 11) is 1.59. The maximum Gasteiger partial charge on any atom is 0.248 e. The van der Waals surface area contributed by atoms with Crippen LogP contribution in [0, 0.1) is 0 Å². The molecule has 0 spiro atoms. The van der Waals surface area contributed by atoms with Crippen LogP contribution >= 0.6 is 11.8 Å². The molecule has 0 saturated heterocycles. The van der Waals surface area contributed by atoms with Crippen molar-refractivity contribution in [3.8, 4) is 11.5 Å². The largest absolute Gasteiger partial charge is 0.493 e. The van der Waals surface area contributed by atoms with Gasteiger partial charge in [-0.15, -0.1) is 11.8 Å². The molecular formula is C19H21NO3S. The van der Waals surface area contributed by atoms with Crippen molar-refractivity contribution in [2.75, 3.05) is 25.3 Å². The molecule has 2 rings (SSSR count). The quantitative estimate of drug-likeness (QED) is 0.595. The van der Waals surface area contributed by atoms with Gasteiger partial charge in [-0.25, -0.2) is 0 Å². The third kappa shape index (κ3) is 5.06. The van der Waals surface area contributed by atoms with Crippen LogP contribution in [-0.2, 0) is 4.79 Å². The lowest BCUT2D eigenvalue weighted by atomic mass is 10.2. The fourth-order valence-electron chi connectivity index (χ4n) is 2.09. The molecule has 4 nitrogen and oxygen atoms in total. The molecule has 126 valence electrons. The molecule has 0 atom stereocenters. The normalized spacial score (nSPS) is 10.6. The second kappa shape index (κ2) is 9.03. The van der Waals surface area contributed by atoms with Gasteiger partial charge in [-0.05, 0) is 61.2 Å². The SMILES string of the molecule is CCOc1ccc(/C=C/C(=O)Nc2ccc(SC)cc2)cc1OC. The number of rotatable bonds is 7. The smallest absolute Gasteiger partial charge is 0.248 e. The van der Waals surface area contributed by atoms with Crippen LogP contribution in [0.15, 0.2) is 53.4 Å². The standard InChI is InChI=1S/C19H21NO3S/c1-4-23-17-11-5-14(13-18(17)22-2)6-12-19(21)20-15-7-9-16(24-3)10-8-15/h5-13H,4H2,1-3H3,(H,20,21)/b12-6+. The number of anilines is 1. The molecule has 0 radical (unpaired) electrons. The third-order valence-corrected chi connectivity index (χ3v) is 4.02. The molecule has 0 unspecified atom stereocenters. The van der Waals surface area contributed by atoms with Crippen molar-refractivity contribution >= 4 is 29.4 Å². The van der Waals surface area contributed by atoms with Gasteiger partial charge in [-0.2, -0.15) is 0 Å². The van der Waals surface area contributed by atoms with E-state index in [-0.39, 0.29) is 5.91 Å². The number of hydrogen-bond acceptors (Lipinski definition) is 4. The zero-order valence-corrected chi connectivity index (χ0v) is 14.9. The zero-order chi connectivity index (χ0) is 17.4. The molecule has 24 heavy (non-hydrogen) atoms. The average Bonchev–Trinajstić information content (AvgIpc) is 2.61. The molecule has 0 aromatic heterocycles. The van der Waals surface area contributed by atoms with E-state index in [2.05, 4.69) is 5.32 Å². The number of nitrogens with one attached hydrogen (secondary N) is 1. The van der Waals surface area contributed by atoms with Gasteiger partial charge in [0.15, 0.2) is 11.5 Å². The molecule has 0 aliphatic heterocycles. The number of carbonyl (C=O) groups is 1. The molecule has 0 bridgehead atoms. The maximum absolute atomic E-state index is 12.0. The highest BCUT2D eigenvalue weighted by Crippen LogP contribution is 2.28. The number of ether oxygens (including phenoxy) is 2. The Balaban J connectivity index is 2.02. The molecule has 0 aliphatic carbocycles. The van der Waals surface area contributed by atoms with Crippen molar-refractivity contribution in [3.05, 3.63) is 54.1 Å². The Kier molecular flexibility index (Phi) is 6.75. The van der Waals surface area contributed by atoms with E-state index < -0.39 is 0 Å². The van der Waals surface area contributed by atoms with E-state index in [1.54, 1.807) is 24.9 Å². The first-order valence-electron chi connectivity index (χ1n) is 7.60. The average molecular weight is 343 g/mol. The maximum atomic E-state index is 12.0. The molecule has 0 saturated carbocycles. The lowest BCUT2D eigenvalue weighted by Crippen LogP contribution is -2.07. The minimum Gasteiger partial charge on any atom is -0.493 e. The molecular weight excluding hydrogens is 322 g/mol. The van der Waals surface area contributed by atoms with Gasteiger partial charge in [0.05, 0.1) is 13.7 Å². The van der Waals surface area contributed by atoms with E-state index in [4.69, 9.17) is 9.47 Å². The van der Waals surface area contributed by atoms with E-state index in [9.17, 15) is 4.79 Å². The topological polar surface area (TPSA) is 47.6 Å². The second-order valence-corrected chi connectivity index (χ2v) is 5.77. The van der Waals surface area contributed by atoms with Gasteiger partial charge in [0.25, 0.3) is 0 Å². The van der Waals surface area contributed by atoms with Crippen molar-refractivity contribution in [3.63, 3.8) is 0 Å². The number of benzene rings is 2. The molecule has 2 aromatic rings. The van der Waals surface area contributed by atoms with Crippen LogP contribution in [0.4, 0.5) is 5.69 Å². The number of methoxy groups -OCH3 is 1. The van der Waals surface area contributed by atoms with Gasteiger partial charge in [-0.1, -0.05) is 6.07 Å². The van der Waals surface area contributed by atoms with Crippen molar-refractivity contribution in [1.82, 2.24) is 0 Å². The van der Waals surface area contributed by atoms with Crippen molar-refractivity contribution < 1.29 is 14.3 Å². The first kappa shape index (κ1) is 17.9. The number of thioether (sulfide) groups is 1. The molecule has 0 heterocycles. The molecule has 1 amide bonds. The Morgan fingerprint density at radius 2 is 1.92 bits per heavy atom. The minimum atomic E-state index is -0.181. The highest BCUT2D eigenvalue weighted by Gasteiger charge is 2.04. The Morgan fingerprint density at radius 3 is 2.54 bits per heavy atom. The van der Waals surface area contributed by atoms with Crippen molar-refractivity contribution in [2.45, 2.75) is 11.8 Å². The Labute approximate surface area is 146 Å². The molecule has 2 aromatic carbocycles. The van der Waals surface area contributed by atoms with Gasteiger partial charge < -0.3 is 14.8 Å². The summed E-state index contributed by atoms with van der Waals surface area (Å²) in [6.45, 7) is 2.49. The van der Waals surface area contributed by atoms with E-state index in [0.29, 0.717) is 18.1 Å². The van der Waals surface area contributed by atoms with Crippen LogP contribution in [0.5, 0.6) is 11.5 Å².